The third-order valence-corrected chi connectivity index (χ3v) is 3.65. The summed E-state index contributed by atoms with van der Waals surface area (Å²) in [7, 11) is 0. The molecular formula is C16H26O. The van der Waals surface area contributed by atoms with Crippen LogP contribution in [0, 0.1) is 13.8 Å². The third-order valence-electron chi connectivity index (χ3n) is 3.65. The van der Waals surface area contributed by atoms with Gasteiger partial charge in [-0.3, -0.25) is 0 Å². The smallest absolute Gasteiger partial charge is 0.0868 e. The summed E-state index contributed by atoms with van der Waals surface area (Å²) in [6.07, 6.45) is 5.69. The number of aliphatic hydroxyl groups is 1. The van der Waals surface area contributed by atoms with Gasteiger partial charge in [0.25, 0.3) is 0 Å². The highest BCUT2D eigenvalue weighted by Gasteiger charge is 2.22. The van der Waals surface area contributed by atoms with Crippen molar-refractivity contribution in [2.24, 2.45) is 0 Å². The van der Waals surface area contributed by atoms with Gasteiger partial charge in [0.05, 0.1) is 5.60 Å². The van der Waals surface area contributed by atoms with Crippen LogP contribution in [0.3, 0.4) is 0 Å². The fourth-order valence-electron chi connectivity index (χ4n) is 2.12. The van der Waals surface area contributed by atoms with Gasteiger partial charge in [0, 0.05) is 0 Å². The maximum Gasteiger partial charge on any atom is 0.0868 e. The molecular weight excluding hydrogens is 208 g/mol. The summed E-state index contributed by atoms with van der Waals surface area (Å²) in [5.41, 5.74) is 2.93. The van der Waals surface area contributed by atoms with Crippen molar-refractivity contribution in [2.45, 2.75) is 65.4 Å². The Labute approximate surface area is 106 Å². The maximum atomic E-state index is 10.5. The fraction of sp³-hybridized carbons (Fsp3) is 0.625. The van der Waals surface area contributed by atoms with Gasteiger partial charge in [-0.1, -0.05) is 50.8 Å². The minimum Gasteiger partial charge on any atom is -0.385 e. The van der Waals surface area contributed by atoms with E-state index in [1.54, 1.807) is 0 Å². The Kier molecular flexibility index (Phi) is 5.20. The lowest BCUT2D eigenvalue weighted by atomic mass is 9.88. The molecule has 0 saturated heterocycles. The van der Waals surface area contributed by atoms with E-state index in [-0.39, 0.29) is 0 Å². The minimum atomic E-state index is -0.674. The molecule has 0 heterocycles. The predicted octanol–water partition coefficient (Wildman–Crippen LogP) is 4.48. The van der Waals surface area contributed by atoms with Crippen molar-refractivity contribution in [1.29, 1.82) is 0 Å². The number of aryl methyl sites for hydroxylation is 2. The summed E-state index contributed by atoms with van der Waals surface area (Å²) in [4.78, 5) is 0. The Bertz CT molecular complexity index is 353. The molecule has 1 heteroatoms. The molecule has 0 aliphatic rings. The molecule has 0 spiro atoms. The summed E-state index contributed by atoms with van der Waals surface area (Å²) >= 11 is 0. The molecule has 0 saturated carbocycles. The Morgan fingerprint density at radius 2 is 1.76 bits per heavy atom. The van der Waals surface area contributed by atoms with Gasteiger partial charge in [-0.15, -0.1) is 0 Å². The second-order valence-corrected chi connectivity index (χ2v) is 5.38. The van der Waals surface area contributed by atoms with Crippen LogP contribution in [0.1, 0.15) is 62.6 Å². The largest absolute Gasteiger partial charge is 0.385 e. The van der Waals surface area contributed by atoms with E-state index in [1.165, 1.54) is 30.4 Å². The van der Waals surface area contributed by atoms with Crippen molar-refractivity contribution in [1.82, 2.24) is 0 Å². The molecule has 0 fully saturated rings. The zero-order valence-corrected chi connectivity index (χ0v) is 11.7. The van der Waals surface area contributed by atoms with E-state index in [9.17, 15) is 5.11 Å². The van der Waals surface area contributed by atoms with Crippen LogP contribution >= 0.6 is 0 Å². The van der Waals surface area contributed by atoms with Gasteiger partial charge in [-0.2, -0.15) is 0 Å². The first-order chi connectivity index (χ1) is 7.97. The van der Waals surface area contributed by atoms with Gasteiger partial charge in [-0.25, -0.2) is 0 Å². The van der Waals surface area contributed by atoms with E-state index in [4.69, 9.17) is 0 Å². The van der Waals surface area contributed by atoms with Crippen LogP contribution in [0.25, 0.3) is 0 Å². The van der Waals surface area contributed by atoms with E-state index < -0.39 is 5.60 Å². The normalized spacial score (nSPS) is 14.6. The quantitative estimate of drug-likeness (QED) is 0.719. The van der Waals surface area contributed by atoms with E-state index >= 15 is 0 Å². The summed E-state index contributed by atoms with van der Waals surface area (Å²) in [6, 6.07) is 6.28. The highest BCUT2D eigenvalue weighted by Crippen LogP contribution is 2.28. The molecule has 0 amide bonds. The fourth-order valence-corrected chi connectivity index (χ4v) is 2.12. The number of unbranched alkanes of at least 4 members (excludes halogenated alkanes) is 3. The van der Waals surface area contributed by atoms with Crippen LogP contribution in [-0.4, -0.2) is 5.11 Å². The van der Waals surface area contributed by atoms with Crippen LogP contribution in [0.4, 0.5) is 0 Å². The molecule has 0 radical (unpaired) electrons. The Hall–Kier alpha value is -0.820. The molecule has 1 nitrogen and oxygen atoms in total. The van der Waals surface area contributed by atoms with Gasteiger partial charge in [0.1, 0.15) is 0 Å². The summed E-state index contributed by atoms with van der Waals surface area (Å²) in [6.45, 7) is 8.35. The van der Waals surface area contributed by atoms with E-state index in [0.717, 1.165) is 18.4 Å². The molecule has 0 aromatic heterocycles. The van der Waals surface area contributed by atoms with E-state index in [1.807, 2.05) is 6.92 Å². The standard InChI is InChI=1S/C16H26O/c1-5-6-7-8-11-16(4,17)15-10-9-13(2)14(3)12-15/h9-10,12,17H,5-8,11H2,1-4H3. The van der Waals surface area contributed by atoms with Crippen LogP contribution in [0.5, 0.6) is 0 Å². The molecule has 1 aromatic rings. The van der Waals surface area contributed by atoms with Crippen LogP contribution in [0.15, 0.2) is 18.2 Å². The topological polar surface area (TPSA) is 20.2 Å². The zero-order chi connectivity index (χ0) is 12.9. The summed E-state index contributed by atoms with van der Waals surface area (Å²) < 4.78 is 0. The average Bonchev–Trinajstić information content (AvgIpc) is 2.28. The zero-order valence-electron chi connectivity index (χ0n) is 11.7. The van der Waals surface area contributed by atoms with Crippen LogP contribution in [0.2, 0.25) is 0 Å². The second kappa shape index (κ2) is 6.20. The number of hydrogen-bond donors (Lipinski definition) is 1. The number of rotatable bonds is 6. The minimum absolute atomic E-state index is 0.674. The number of hydrogen-bond acceptors (Lipinski definition) is 1. The van der Waals surface area contributed by atoms with Crippen molar-refractivity contribution in [3.8, 4) is 0 Å². The second-order valence-electron chi connectivity index (χ2n) is 5.38. The first kappa shape index (κ1) is 14.2. The van der Waals surface area contributed by atoms with Crippen molar-refractivity contribution < 1.29 is 5.11 Å². The molecule has 17 heavy (non-hydrogen) atoms. The Morgan fingerprint density at radius 3 is 2.35 bits per heavy atom. The van der Waals surface area contributed by atoms with Crippen LogP contribution in [-0.2, 0) is 5.60 Å². The monoisotopic (exact) mass is 234 g/mol. The van der Waals surface area contributed by atoms with Gasteiger partial charge in [0.15, 0.2) is 0 Å². The van der Waals surface area contributed by atoms with Crippen molar-refractivity contribution in [3.05, 3.63) is 34.9 Å². The first-order valence-corrected chi connectivity index (χ1v) is 6.77. The van der Waals surface area contributed by atoms with E-state index in [2.05, 4.69) is 39.0 Å². The highest BCUT2D eigenvalue weighted by atomic mass is 16.3. The molecule has 1 aromatic carbocycles. The van der Waals surface area contributed by atoms with Crippen molar-refractivity contribution >= 4 is 0 Å². The summed E-state index contributed by atoms with van der Waals surface area (Å²) in [5, 5.41) is 10.5. The van der Waals surface area contributed by atoms with Gasteiger partial charge in [0.2, 0.25) is 0 Å². The molecule has 0 aliphatic heterocycles. The molecule has 1 N–H and O–H groups in total. The lowest BCUT2D eigenvalue weighted by Gasteiger charge is -2.24. The van der Waals surface area contributed by atoms with Crippen molar-refractivity contribution in [2.75, 3.05) is 0 Å². The lowest BCUT2D eigenvalue weighted by Crippen LogP contribution is -2.21. The first-order valence-electron chi connectivity index (χ1n) is 6.77. The van der Waals surface area contributed by atoms with Crippen LogP contribution < -0.4 is 0 Å². The van der Waals surface area contributed by atoms with Gasteiger partial charge < -0.3 is 5.11 Å². The average molecular weight is 234 g/mol. The lowest BCUT2D eigenvalue weighted by molar-refractivity contribution is 0.0448. The Balaban J connectivity index is 2.64. The third kappa shape index (κ3) is 4.16. The maximum absolute atomic E-state index is 10.5. The SMILES string of the molecule is CCCCCCC(C)(O)c1ccc(C)c(C)c1. The summed E-state index contributed by atoms with van der Waals surface area (Å²) in [5.74, 6) is 0. The predicted molar refractivity (Wildman–Crippen MR) is 74.2 cm³/mol. The molecule has 0 bridgehead atoms. The molecule has 0 aliphatic carbocycles. The molecule has 1 unspecified atom stereocenters. The molecule has 96 valence electrons. The van der Waals surface area contributed by atoms with Crippen molar-refractivity contribution in [3.63, 3.8) is 0 Å². The van der Waals surface area contributed by atoms with E-state index in [0.29, 0.717) is 0 Å². The molecule has 1 rings (SSSR count). The number of benzene rings is 1. The Morgan fingerprint density at radius 1 is 1.06 bits per heavy atom. The van der Waals surface area contributed by atoms with Gasteiger partial charge in [-0.05, 0) is 43.9 Å². The van der Waals surface area contributed by atoms with Gasteiger partial charge >= 0.3 is 0 Å². The highest BCUT2D eigenvalue weighted by molar-refractivity contribution is 5.32. The molecule has 1 atom stereocenters.